The maximum Gasteiger partial charge on any atom is 0.0234 e. The topological polar surface area (TPSA) is 122 Å². The van der Waals surface area contributed by atoms with Crippen molar-refractivity contribution in [2.75, 3.05) is 319 Å². The van der Waals surface area contributed by atoms with Gasteiger partial charge in [0.15, 0.2) is 0 Å². The molecule has 3 rings (SSSR count). The van der Waals surface area contributed by atoms with Crippen LogP contribution in [-0.4, -0.2) is 387 Å². The van der Waals surface area contributed by atoms with Crippen LogP contribution in [0, 0.1) is 0 Å². The molecule has 0 heterocycles. The predicted octanol–water partition coefficient (Wildman–Crippen LogP) is 19.9. The quantitative estimate of drug-likeness (QED) is 0.0295. The lowest BCUT2D eigenvalue weighted by Gasteiger charge is -2.35. The Morgan fingerprint density at radius 2 is 0.589 bits per heavy atom. The normalized spacial score (nSPS) is 13.3. The molecular weight excluding hydrogens is 1680 g/mol. The Morgan fingerprint density at radius 1 is 0.298 bits per heavy atom. The van der Waals surface area contributed by atoms with Crippen LogP contribution in [0.15, 0.2) is 30.3 Å². The van der Waals surface area contributed by atoms with Gasteiger partial charge in [-0.1, -0.05) is 145 Å². The average molecular weight is 1900 g/mol. The minimum Gasteiger partial charge on any atom is -0.315 e. The van der Waals surface area contributed by atoms with Crippen molar-refractivity contribution < 1.29 is 0 Å². The molecule has 2 fully saturated rings. The summed E-state index contributed by atoms with van der Waals surface area (Å²) < 4.78 is 0. The van der Waals surface area contributed by atoms with Crippen molar-refractivity contribution in [3.05, 3.63) is 35.9 Å². The summed E-state index contributed by atoms with van der Waals surface area (Å²) in [6, 6.07) is 13.9. The molecule has 24 heteroatoms. The maximum atomic E-state index is 3.55. The van der Waals surface area contributed by atoms with E-state index in [4.69, 9.17) is 0 Å². The number of hydrogen-bond acceptors (Lipinski definition) is 24. The highest BCUT2D eigenvalue weighted by Crippen LogP contribution is 2.24. The van der Waals surface area contributed by atoms with Crippen LogP contribution in [0.4, 0.5) is 0 Å². The largest absolute Gasteiger partial charge is 0.315 e. The molecule has 0 saturated heterocycles. The van der Waals surface area contributed by atoms with Gasteiger partial charge in [0.1, 0.15) is 0 Å². The molecule has 0 bridgehead atoms. The van der Waals surface area contributed by atoms with Gasteiger partial charge >= 0.3 is 0 Å². The summed E-state index contributed by atoms with van der Waals surface area (Å²) >= 11 is 15.3. The predicted molar refractivity (Wildman–Crippen MR) is 594 cm³/mol. The Bertz CT molecular complexity index is 2060. The number of nitrogens with one attached hydrogen (secondary N) is 8. The summed E-state index contributed by atoms with van der Waals surface area (Å²) in [6.45, 7) is 80.0. The molecular formula is C100H220N16S8. The van der Waals surface area contributed by atoms with Crippen molar-refractivity contribution in [3.8, 4) is 0 Å². The molecule has 1 aromatic rings. The molecule has 1 aromatic carbocycles. The number of unbranched alkanes of at least 4 members (excludes halogenated alkanes) is 1. The monoisotopic (exact) mass is 1900 g/mol. The van der Waals surface area contributed by atoms with Crippen molar-refractivity contribution in [3.63, 3.8) is 0 Å². The minimum atomic E-state index is 0.303. The van der Waals surface area contributed by atoms with Gasteiger partial charge in [-0.15, -0.1) is 0 Å². The summed E-state index contributed by atoms with van der Waals surface area (Å²) in [6.07, 6.45) is 45.5. The van der Waals surface area contributed by atoms with Crippen molar-refractivity contribution in [1.29, 1.82) is 0 Å². The van der Waals surface area contributed by atoms with E-state index >= 15 is 0 Å². The molecule has 124 heavy (non-hydrogen) atoms. The third-order valence-electron chi connectivity index (χ3n) is 22.1. The van der Waals surface area contributed by atoms with E-state index in [0.29, 0.717) is 11.6 Å². The highest BCUT2D eigenvalue weighted by Gasteiger charge is 2.23. The maximum absolute atomic E-state index is 3.55. The molecule has 2 aliphatic rings. The molecule has 1 unspecified atom stereocenters. The summed E-state index contributed by atoms with van der Waals surface area (Å²) in [4.78, 5) is 20.8. The standard InChI is InChI=1S/C15H26N2S.C14H30N2S.C13H28N2S.3C12H28N2S.2C11H26N2S/c1-3-11-17(12-9-16-10-13-18-2)14-15-7-5-4-6-8-15;1-3-11-16(12-9-15-10-13-17-2)14-7-5-4-6-8-14;1-3-10-15(13-6-4-5-7-13)11-8-14-9-12-16-2;1-6-9-14(12(2,3)4)10-7-13-8-11-15-5;1-5-9-14(12(3)6-2)10-7-13-8-11-15-4;1-4-6-10-14(9-5-2)11-7-13-8-12-15-3;1-5-8-13(11(2)3)9-6-12-7-10-14-4;1-4-8-13(9-5-2)10-6-12-7-11-14-3/h4-8,16H,3,9-14H2,1-2H3;14-15H,3-13H2,1-2H3;13-14H,3-12H2,1-2H3;13H,6-11H2,1-5H3;12-13H,5-11H2,1-4H3;13H,4-12H2,1-3H3;11-12H,5-10H2,1-4H3;12H,4-11H2,1-3H3. The zero-order chi connectivity index (χ0) is 93.1. The number of benzene rings is 1. The molecule has 0 radical (unpaired) electrons. The first-order valence-electron chi connectivity index (χ1n) is 50.8. The van der Waals surface area contributed by atoms with Crippen molar-refractivity contribution in [1.82, 2.24) is 81.7 Å². The fourth-order valence-electron chi connectivity index (χ4n) is 14.9. The van der Waals surface area contributed by atoms with Crippen molar-refractivity contribution in [2.24, 2.45) is 0 Å². The first-order chi connectivity index (χ1) is 60.3. The second-order valence-electron chi connectivity index (χ2n) is 34.6. The van der Waals surface area contributed by atoms with Crippen LogP contribution in [0.5, 0.6) is 0 Å². The van der Waals surface area contributed by atoms with Gasteiger partial charge in [-0.05, 0) is 259 Å². The van der Waals surface area contributed by atoms with Crippen molar-refractivity contribution >= 4 is 94.1 Å². The van der Waals surface area contributed by atoms with Gasteiger partial charge < -0.3 is 52.3 Å². The minimum absolute atomic E-state index is 0.303. The van der Waals surface area contributed by atoms with E-state index in [9.17, 15) is 0 Å². The van der Waals surface area contributed by atoms with Gasteiger partial charge in [0.25, 0.3) is 0 Å². The number of rotatable bonds is 76. The summed E-state index contributed by atoms with van der Waals surface area (Å²) in [5.41, 5.74) is 1.71. The summed E-state index contributed by atoms with van der Waals surface area (Å²) in [5.74, 6) is 9.76. The molecule has 0 aliphatic heterocycles. The van der Waals surface area contributed by atoms with E-state index in [1.54, 1.807) is 0 Å². The van der Waals surface area contributed by atoms with Crippen LogP contribution in [0.1, 0.15) is 258 Å². The molecule has 0 spiro atoms. The Labute approximate surface area is 812 Å². The van der Waals surface area contributed by atoms with E-state index < -0.39 is 0 Å². The van der Waals surface area contributed by atoms with Gasteiger partial charge in [0.05, 0.1) is 0 Å². The first kappa shape index (κ1) is 134. The molecule has 0 amide bonds. The van der Waals surface area contributed by atoms with Crippen LogP contribution in [-0.2, 0) is 6.54 Å². The van der Waals surface area contributed by atoms with Crippen LogP contribution in [0.3, 0.4) is 0 Å². The highest BCUT2D eigenvalue weighted by molar-refractivity contribution is 8.00. The van der Waals surface area contributed by atoms with Crippen LogP contribution >= 0.6 is 94.1 Å². The molecule has 8 N–H and O–H groups in total. The second kappa shape index (κ2) is 110. The zero-order valence-corrected chi connectivity index (χ0v) is 93.8. The SMILES string of the molecule is CCCCN(CCC)CCNCCSC.CCCN(CCC)CCNCCSC.CCCN(CCNCCSC)C(C)(C)C.CCCN(CCNCCSC)C(C)C.CCCN(CCNCCSC)C(C)CC.CCCN(CCNCCSC)C1CCCC1.CCCN(CCNCCSC)C1CCCCC1.CCCN(CCNCCSC)Cc1ccccc1. The molecule has 1 atom stereocenters. The first-order valence-corrected chi connectivity index (χ1v) is 62.0. The van der Waals surface area contributed by atoms with Crippen LogP contribution in [0.2, 0.25) is 0 Å². The third-order valence-corrected chi connectivity index (χ3v) is 27.0. The molecule has 16 nitrogen and oxygen atoms in total. The molecule has 2 saturated carbocycles. The van der Waals surface area contributed by atoms with Gasteiger partial charge in [-0.25, -0.2) is 0 Å². The molecule has 0 aromatic heterocycles. The number of thioether (sulfide) groups is 8. The van der Waals surface area contributed by atoms with E-state index in [2.05, 4.69) is 280 Å². The fraction of sp³-hybridized carbons (Fsp3) is 0.940. The lowest BCUT2D eigenvalue weighted by molar-refractivity contribution is 0.138. The van der Waals surface area contributed by atoms with Crippen LogP contribution in [0.25, 0.3) is 0 Å². The van der Waals surface area contributed by atoms with E-state index in [-0.39, 0.29) is 0 Å². The number of hydrogen-bond donors (Lipinski definition) is 8. The summed E-state index contributed by atoms with van der Waals surface area (Å²) in [5, 5.41) is 28.0. The molecule has 2 aliphatic carbocycles. The second-order valence-corrected chi connectivity index (χ2v) is 42.5. The van der Waals surface area contributed by atoms with Crippen LogP contribution < -0.4 is 42.5 Å². The third kappa shape index (κ3) is 95.1. The van der Waals surface area contributed by atoms with E-state index in [1.807, 2.05) is 94.1 Å². The van der Waals surface area contributed by atoms with Gasteiger partial charge in [0, 0.05) is 239 Å². The molecule has 748 valence electrons. The number of nitrogens with zero attached hydrogens (tertiary/aromatic N) is 8. The lowest BCUT2D eigenvalue weighted by Crippen LogP contribution is -2.45. The smallest absolute Gasteiger partial charge is 0.0234 e. The average Bonchev–Trinajstić information content (AvgIpc) is 1.70. The van der Waals surface area contributed by atoms with Gasteiger partial charge in [0.2, 0.25) is 0 Å². The Morgan fingerprint density at radius 3 is 0.903 bits per heavy atom. The lowest BCUT2D eigenvalue weighted by atomic mass is 9.94. The van der Waals surface area contributed by atoms with E-state index in [1.165, 1.54) is 291 Å². The van der Waals surface area contributed by atoms with E-state index in [0.717, 1.165) is 142 Å². The Hall–Kier alpha value is 1.38. The van der Waals surface area contributed by atoms with Crippen molar-refractivity contribution in [2.45, 2.75) is 289 Å². The fourth-order valence-corrected chi connectivity index (χ4v) is 17.7. The van der Waals surface area contributed by atoms with Gasteiger partial charge in [-0.3, -0.25) is 29.4 Å². The Balaban J connectivity index is -0.000000436. The highest BCUT2D eigenvalue weighted by atomic mass is 32.2. The summed E-state index contributed by atoms with van der Waals surface area (Å²) in [7, 11) is 0. The Kier molecular flexibility index (Phi) is 118. The zero-order valence-electron chi connectivity index (χ0n) is 87.3. The van der Waals surface area contributed by atoms with Gasteiger partial charge in [-0.2, -0.15) is 94.1 Å².